The maximum absolute atomic E-state index is 13.1. The largest absolute Gasteiger partial charge is 0.488 e. The first-order chi connectivity index (χ1) is 15.0. The van der Waals surface area contributed by atoms with Crippen molar-refractivity contribution in [1.82, 2.24) is 15.2 Å². The second kappa shape index (κ2) is 7.32. The van der Waals surface area contributed by atoms with E-state index in [1.165, 1.54) is 6.07 Å². The molecule has 4 amide bonds. The van der Waals surface area contributed by atoms with E-state index in [0.717, 1.165) is 21.4 Å². The van der Waals surface area contributed by atoms with Gasteiger partial charge in [0.15, 0.2) is 0 Å². The molecule has 5 rings (SSSR count). The zero-order valence-corrected chi connectivity index (χ0v) is 16.3. The Hall–Kier alpha value is -4.07. The van der Waals surface area contributed by atoms with Gasteiger partial charge in [-0.3, -0.25) is 34.4 Å². The van der Waals surface area contributed by atoms with Crippen LogP contribution in [-0.4, -0.2) is 39.6 Å². The monoisotopic (exact) mass is 415 g/mol. The predicted molar refractivity (Wildman–Crippen MR) is 109 cm³/mol. The molecule has 0 aliphatic carbocycles. The number of hydrogen-bond donors (Lipinski definition) is 1. The van der Waals surface area contributed by atoms with Gasteiger partial charge in [-0.2, -0.15) is 0 Å². The van der Waals surface area contributed by atoms with Crippen molar-refractivity contribution in [2.24, 2.45) is 0 Å². The molecule has 2 aromatic carbocycles. The second-order valence-electron chi connectivity index (χ2n) is 7.45. The molecule has 3 heterocycles. The standard InChI is InChI=1S/C23H17N3O5/c27-19-9-8-17(21(28)25-19)26-22(29)15-5-3-7-18(20(15)23(26)30)31-12-13-10-14-4-1-2-6-16(14)24-11-13/h1-7,10-11,17H,8-9,12H2,(H,25,27,28)/t17-/m1/s1. The van der Waals surface area contributed by atoms with Crippen LogP contribution in [0.4, 0.5) is 0 Å². The fourth-order valence-corrected chi connectivity index (χ4v) is 3.96. The van der Waals surface area contributed by atoms with Crippen molar-refractivity contribution >= 4 is 34.5 Å². The third-order valence-electron chi connectivity index (χ3n) is 5.47. The molecule has 31 heavy (non-hydrogen) atoms. The molecule has 1 aromatic heterocycles. The van der Waals surface area contributed by atoms with Crippen LogP contribution in [0.1, 0.15) is 39.1 Å². The van der Waals surface area contributed by atoms with Gasteiger partial charge in [-0.1, -0.05) is 24.3 Å². The van der Waals surface area contributed by atoms with Gasteiger partial charge in [0.1, 0.15) is 18.4 Å². The Labute approximate surface area is 176 Å². The SMILES string of the molecule is O=C1CC[C@@H](N2C(=O)c3cccc(OCc4cnc5ccccc5c4)c3C2=O)C(=O)N1. The summed E-state index contributed by atoms with van der Waals surface area (Å²) in [5.74, 6) is -1.95. The fourth-order valence-electron chi connectivity index (χ4n) is 3.96. The molecule has 0 radical (unpaired) electrons. The number of pyridine rings is 1. The molecule has 3 aromatic rings. The van der Waals surface area contributed by atoms with E-state index in [2.05, 4.69) is 10.3 Å². The van der Waals surface area contributed by atoms with E-state index in [1.54, 1.807) is 18.3 Å². The smallest absolute Gasteiger partial charge is 0.266 e. The third-order valence-corrected chi connectivity index (χ3v) is 5.47. The van der Waals surface area contributed by atoms with Crippen molar-refractivity contribution in [3.8, 4) is 5.75 Å². The number of carbonyl (C=O) groups is 4. The van der Waals surface area contributed by atoms with E-state index in [0.29, 0.717) is 0 Å². The molecule has 0 bridgehead atoms. The minimum Gasteiger partial charge on any atom is -0.488 e. The molecular formula is C23H17N3O5. The third kappa shape index (κ3) is 3.22. The zero-order chi connectivity index (χ0) is 21.5. The number of nitrogens with zero attached hydrogens (tertiary/aromatic N) is 2. The number of benzene rings is 2. The molecule has 2 aliphatic heterocycles. The Morgan fingerprint density at radius 3 is 2.71 bits per heavy atom. The molecule has 154 valence electrons. The summed E-state index contributed by atoms with van der Waals surface area (Å²) in [4.78, 5) is 54.9. The Bertz CT molecular complexity index is 1270. The first-order valence-corrected chi connectivity index (χ1v) is 9.84. The van der Waals surface area contributed by atoms with Crippen molar-refractivity contribution in [2.75, 3.05) is 0 Å². The topological polar surface area (TPSA) is 106 Å². The summed E-state index contributed by atoms with van der Waals surface area (Å²) < 4.78 is 5.89. The van der Waals surface area contributed by atoms with E-state index < -0.39 is 29.7 Å². The summed E-state index contributed by atoms with van der Waals surface area (Å²) in [6.45, 7) is 0.161. The highest BCUT2D eigenvalue weighted by atomic mass is 16.5. The van der Waals surface area contributed by atoms with Gasteiger partial charge in [-0.25, -0.2) is 0 Å². The highest BCUT2D eigenvalue weighted by Gasteiger charge is 2.45. The number of fused-ring (bicyclic) bond motifs is 2. The molecular weight excluding hydrogens is 398 g/mol. The Morgan fingerprint density at radius 2 is 1.87 bits per heavy atom. The van der Waals surface area contributed by atoms with Crippen LogP contribution in [0.2, 0.25) is 0 Å². The van der Waals surface area contributed by atoms with E-state index in [-0.39, 0.29) is 36.3 Å². The van der Waals surface area contributed by atoms with Crippen molar-refractivity contribution in [3.63, 3.8) is 0 Å². The van der Waals surface area contributed by atoms with E-state index in [4.69, 9.17) is 4.74 Å². The number of imide groups is 2. The second-order valence-corrected chi connectivity index (χ2v) is 7.45. The number of hydrogen-bond acceptors (Lipinski definition) is 6. The molecule has 0 spiro atoms. The molecule has 8 nitrogen and oxygen atoms in total. The molecule has 2 aliphatic rings. The minimum atomic E-state index is -1.01. The predicted octanol–water partition coefficient (Wildman–Crippen LogP) is 2.21. The number of carbonyl (C=O) groups excluding carboxylic acids is 4. The lowest BCUT2D eigenvalue weighted by Gasteiger charge is -2.27. The number of piperidine rings is 1. The van der Waals surface area contributed by atoms with Crippen molar-refractivity contribution in [1.29, 1.82) is 0 Å². The summed E-state index contributed by atoms with van der Waals surface area (Å²) in [6, 6.07) is 13.4. The van der Waals surface area contributed by atoms with Gasteiger partial charge in [0, 0.05) is 23.6 Å². The first-order valence-electron chi connectivity index (χ1n) is 9.84. The lowest BCUT2D eigenvalue weighted by Crippen LogP contribution is -2.54. The summed E-state index contributed by atoms with van der Waals surface area (Å²) >= 11 is 0. The fraction of sp³-hybridized carbons (Fsp3) is 0.174. The van der Waals surface area contributed by atoms with Crippen LogP contribution in [-0.2, 0) is 16.2 Å². The Balaban J connectivity index is 1.41. The van der Waals surface area contributed by atoms with Crippen LogP contribution in [0.3, 0.4) is 0 Å². The van der Waals surface area contributed by atoms with Crippen molar-refractivity contribution in [2.45, 2.75) is 25.5 Å². The lowest BCUT2D eigenvalue weighted by atomic mass is 10.0. The van der Waals surface area contributed by atoms with Crippen LogP contribution in [0, 0.1) is 0 Å². The van der Waals surface area contributed by atoms with Gasteiger partial charge in [-0.15, -0.1) is 0 Å². The molecule has 1 N–H and O–H groups in total. The van der Waals surface area contributed by atoms with Gasteiger partial charge in [0.05, 0.1) is 16.6 Å². The highest BCUT2D eigenvalue weighted by Crippen LogP contribution is 2.34. The number of para-hydroxylation sites is 1. The minimum absolute atomic E-state index is 0.0716. The Morgan fingerprint density at radius 1 is 1.03 bits per heavy atom. The number of ether oxygens (including phenoxy) is 1. The highest BCUT2D eigenvalue weighted by molar-refractivity contribution is 6.24. The summed E-state index contributed by atoms with van der Waals surface area (Å²) in [5.41, 5.74) is 2.00. The summed E-state index contributed by atoms with van der Waals surface area (Å²) in [5, 5.41) is 3.16. The average molecular weight is 415 g/mol. The number of nitrogens with one attached hydrogen (secondary N) is 1. The quantitative estimate of drug-likeness (QED) is 0.655. The van der Waals surface area contributed by atoms with Crippen molar-refractivity contribution < 1.29 is 23.9 Å². The molecule has 1 fully saturated rings. The van der Waals surface area contributed by atoms with E-state index >= 15 is 0 Å². The lowest BCUT2D eigenvalue weighted by molar-refractivity contribution is -0.136. The molecule has 0 saturated carbocycles. The van der Waals surface area contributed by atoms with Gasteiger partial charge >= 0.3 is 0 Å². The maximum atomic E-state index is 13.1. The average Bonchev–Trinajstić information content (AvgIpc) is 3.03. The maximum Gasteiger partial charge on any atom is 0.266 e. The molecule has 0 unspecified atom stereocenters. The van der Waals surface area contributed by atoms with Crippen LogP contribution < -0.4 is 10.1 Å². The van der Waals surface area contributed by atoms with E-state index in [1.807, 2.05) is 30.3 Å². The number of rotatable bonds is 4. The van der Waals surface area contributed by atoms with Crippen LogP contribution >= 0.6 is 0 Å². The van der Waals surface area contributed by atoms with Crippen molar-refractivity contribution in [3.05, 3.63) is 71.4 Å². The van der Waals surface area contributed by atoms with Gasteiger partial charge in [-0.05, 0) is 30.7 Å². The van der Waals surface area contributed by atoms with Gasteiger partial charge in [0.25, 0.3) is 11.8 Å². The van der Waals surface area contributed by atoms with Gasteiger partial charge in [0.2, 0.25) is 11.8 Å². The van der Waals surface area contributed by atoms with Crippen LogP contribution in [0.5, 0.6) is 5.75 Å². The summed E-state index contributed by atoms with van der Waals surface area (Å²) in [7, 11) is 0. The Kier molecular flexibility index (Phi) is 4.47. The summed E-state index contributed by atoms with van der Waals surface area (Å²) in [6.07, 6.45) is 1.88. The molecule has 1 atom stereocenters. The molecule has 1 saturated heterocycles. The zero-order valence-electron chi connectivity index (χ0n) is 16.3. The first kappa shape index (κ1) is 18.9. The van der Waals surface area contributed by atoms with E-state index in [9.17, 15) is 19.2 Å². The normalized spacial score (nSPS) is 18.3. The molecule has 8 heteroatoms. The van der Waals surface area contributed by atoms with Crippen LogP contribution in [0.25, 0.3) is 10.9 Å². The number of aromatic nitrogens is 1. The number of amides is 4. The van der Waals surface area contributed by atoms with Crippen LogP contribution in [0.15, 0.2) is 54.7 Å². The van der Waals surface area contributed by atoms with Gasteiger partial charge < -0.3 is 4.74 Å².